The average Bonchev–Trinajstić information content (AvgIpc) is 3.25. The van der Waals surface area contributed by atoms with Crippen molar-refractivity contribution in [1.82, 2.24) is 0 Å². The van der Waals surface area contributed by atoms with Gasteiger partial charge in [0.25, 0.3) is 0 Å². The first-order valence-electron chi connectivity index (χ1n) is 9.38. The van der Waals surface area contributed by atoms with Gasteiger partial charge >= 0.3 is 6.16 Å². The lowest BCUT2D eigenvalue weighted by molar-refractivity contribution is -0.114. The highest BCUT2D eigenvalue weighted by Crippen LogP contribution is 2.37. The topological polar surface area (TPSA) is 69.7 Å². The van der Waals surface area contributed by atoms with Gasteiger partial charge in [-0.2, -0.15) is 0 Å². The second-order valence-electron chi connectivity index (χ2n) is 6.86. The zero-order valence-corrected chi connectivity index (χ0v) is 17.3. The Morgan fingerprint density at radius 3 is 1.47 bits per heavy atom. The second kappa shape index (κ2) is 8.46. The largest absolute Gasteiger partial charge is 0.518 e. The van der Waals surface area contributed by atoms with Crippen LogP contribution in [0.3, 0.4) is 0 Å². The van der Waals surface area contributed by atoms with E-state index in [1.54, 1.807) is 48.5 Å². The Kier molecular flexibility index (Phi) is 5.75. The third-order valence-electron chi connectivity index (χ3n) is 4.97. The Balaban J connectivity index is 1.61. The summed E-state index contributed by atoms with van der Waals surface area (Å²) in [5.74, 6) is 0.112. The molecule has 30 heavy (non-hydrogen) atoms. The van der Waals surface area contributed by atoms with Gasteiger partial charge < -0.3 is 9.47 Å². The Bertz CT molecular complexity index is 1040. The van der Waals surface area contributed by atoms with E-state index in [9.17, 15) is 14.4 Å². The molecule has 0 heterocycles. The molecule has 0 saturated carbocycles. The van der Waals surface area contributed by atoms with E-state index in [1.807, 2.05) is 0 Å². The number of carbonyl (C=O) groups is 3. The molecule has 0 atom stereocenters. The van der Waals surface area contributed by atoms with E-state index in [1.165, 1.54) is 0 Å². The number of allylic oxidation sites excluding steroid dienone is 4. The van der Waals surface area contributed by atoms with Crippen molar-refractivity contribution in [3.05, 3.63) is 81.2 Å². The van der Waals surface area contributed by atoms with Gasteiger partial charge in [-0.05, 0) is 12.1 Å². The fourth-order valence-corrected chi connectivity index (χ4v) is 4.08. The predicted molar refractivity (Wildman–Crippen MR) is 113 cm³/mol. The van der Waals surface area contributed by atoms with Gasteiger partial charge in [-0.3, -0.25) is 9.59 Å². The van der Waals surface area contributed by atoms with Crippen molar-refractivity contribution >= 4 is 52.1 Å². The molecule has 4 rings (SSSR count). The summed E-state index contributed by atoms with van der Waals surface area (Å²) in [6, 6.07) is 13.7. The standard InChI is InChI=1S/C23H16Cl2O5/c24-15-7-3-1-5-13(15)21-17(26)9-11-19(21)29-23(28)30-20-12-10-18(27)22(20)14-6-2-4-8-16(14)25/h1-8H,9-12H2. The first kappa shape index (κ1) is 20.4. The third-order valence-corrected chi connectivity index (χ3v) is 5.63. The summed E-state index contributed by atoms with van der Waals surface area (Å²) in [5, 5.41) is 0.782. The van der Waals surface area contributed by atoms with Gasteiger partial charge in [0.15, 0.2) is 11.6 Å². The molecule has 0 aromatic heterocycles. The van der Waals surface area contributed by atoms with Crippen molar-refractivity contribution in [2.45, 2.75) is 25.7 Å². The number of hydrogen-bond acceptors (Lipinski definition) is 5. The first-order chi connectivity index (χ1) is 14.5. The van der Waals surface area contributed by atoms with Crippen molar-refractivity contribution in [2.75, 3.05) is 0 Å². The zero-order valence-electron chi connectivity index (χ0n) is 15.7. The minimum absolute atomic E-state index is 0.155. The number of rotatable bonds is 4. The lowest BCUT2D eigenvalue weighted by atomic mass is 10.0. The molecule has 2 aromatic carbocycles. The van der Waals surface area contributed by atoms with Crippen molar-refractivity contribution in [2.24, 2.45) is 0 Å². The van der Waals surface area contributed by atoms with Gasteiger partial charge in [-0.25, -0.2) is 4.79 Å². The van der Waals surface area contributed by atoms with E-state index in [0.717, 1.165) is 0 Å². The van der Waals surface area contributed by atoms with Crippen LogP contribution in [0.2, 0.25) is 10.0 Å². The molecule has 0 aliphatic heterocycles. The predicted octanol–water partition coefficient (Wildman–Crippen LogP) is 5.99. The number of halogens is 2. The van der Waals surface area contributed by atoms with Crippen LogP contribution in [-0.4, -0.2) is 17.7 Å². The minimum atomic E-state index is -1.00. The number of Topliss-reactive ketones (excluding diaryl/α,β-unsaturated/α-hetero) is 2. The maximum absolute atomic E-state index is 12.5. The third kappa shape index (κ3) is 3.91. The van der Waals surface area contributed by atoms with Crippen LogP contribution in [-0.2, 0) is 19.1 Å². The quantitative estimate of drug-likeness (QED) is 0.543. The molecule has 0 radical (unpaired) electrons. The normalized spacial score (nSPS) is 16.5. The van der Waals surface area contributed by atoms with Gasteiger partial charge in [0.1, 0.15) is 11.5 Å². The zero-order chi connectivity index (χ0) is 21.3. The molecule has 0 unspecified atom stereocenters. The van der Waals surface area contributed by atoms with E-state index in [-0.39, 0.29) is 59.9 Å². The fourth-order valence-electron chi connectivity index (χ4n) is 3.62. The molecule has 0 bridgehead atoms. The summed E-state index contributed by atoms with van der Waals surface area (Å²) in [4.78, 5) is 37.2. The fraction of sp³-hybridized carbons (Fsp3) is 0.174. The maximum Gasteiger partial charge on any atom is 0.518 e. The summed E-state index contributed by atoms with van der Waals surface area (Å²) in [6.45, 7) is 0. The van der Waals surface area contributed by atoms with E-state index >= 15 is 0 Å². The maximum atomic E-state index is 12.5. The molecular formula is C23H16Cl2O5. The monoisotopic (exact) mass is 442 g/mol. The summed E-state index contributed by atoms with van der Waals surface area (Å²) in [6.07, 6.45) is -0.0310. The van der Waals surface area contributed by atoms with Crippen molar-refractivity contribution in [3.63, 3.8) is 0 Å². The SMILES string of the molecule is O=C(OC1=C(c2ccccc2Cl)C(=O)CC1)OC1=C(c2ccccc2Cl)C(=O)CC1. The molecule has 0 spiro atoms. The summed E-state index contributed by atoms with van der Waals surface area (Å²) in [7, 11) is 0. The van der Waals surface area contributed by atoms with Crippen LogP contribution < -0.4 is 0 Å². The molecule has 7 heteroatoms. The van der Waals surface area contributed by atoms with E-state index in [0.29, 0.717) is 21.2 Å². The summed E-state index contributed by atoms with van der Waals surface area (Å²) >= 11 is 12.4. The minimum Gasteiger partial charge on any atom is -0.398 e. The van der Waals surface area contributed by atoms with Crippen LogP contribution in [0.15, 0.2) is 60.0 Å². The molecule has 5 nitrogen and oxygen atoms in total. The van der Waals surface area contributed by atoms with Crippen LogP contribution in [0.5, 0.6) is 0 Å². The number of benzene rings is 2. The van der Waals surface area contributed by atoms with Crippen LogP contribution in [0.1, 0.15) is 36.8 Å². The number of ether oxygens (including phenoxy) is 2. The van der Waals surface area contributed by atoms with Crippen LogP contribution >= 0.6 is 23.2 Å². The van der Waals surface area contributed by atoms with Gasteiger partial charge in [0.05, 0.1) is 11.1 Å². The van der Waals surface area contributed by atoms with Crippen LogP contribution in [0.4, 0.5) is 4.79 Å². The molecule has 2 aliphatic rings. The van der Waals surface area contributed by atoms with Gasteiger partial charge in [-0.1, -0.05) is 59.6 Å². The Morgan fingerprint density at radius 2 is 1.07 bits per heavy atom. The lowest BCUT2D eigenvalue weighted by Gasteiger charge is -2.11. The molecule has 2 aromatic rings. The molecule has 0 amide bonds. The van der Waals surface area contributed by atoms with Gasteiger partial charge in [0, 0.05) is 46.9 Å². The van der Waals surface area contributed by atoms with Crippen molar-refractivity contribution in [1.29, 1.82) is 0 Å². The molecule has 152 valence electrons. The number of carbonyl (C=O) groups excluding carboxylic acids is 3. The average molecular weight is 443 g/mol. The highest BCUT2D eigenvalue weighted by atomic mass is 35.5. The number of hydrogen-bond donors (Lipinski definition) is 0. The van der Waals surface area contributed by atoms with Gasteiger partial charge in [-0.15, -0.1) is 0 Å². The van der Waals surface area contributed by atoms with Crippen molar-refractivity contribution in [3.8, 4) is 0 Å². The first-order valence-corrected chi connectivity index (χ1v) is 10.1. The van der Waals surface area contributed by atoms with E-state index in [4.69, 9.17) is 32.7 Å². The highest BCUT2D eigenvalue weighted by Gasteiger charge is 2.32. The van der Waals surface area contributed by atoms with E-state index < -0.39 is 6.16 Å². The molecular weight excluding hydrogens is 427 g/mol. The Morgan fingerprint density at radius 1 is 0.667 bits per heavy atom. The second-order valence-corrected chi connectivity index (χ2v) is 7.67. The lowest BCUT2D eigenvalue weighted by Crippen LogP contribution is -2.08. The summed E-state index contributed by atoms with van der Waals surface area (Å²) < 4.78 is 10.8. The smallest absolute Gasteiger partial charge is 0.398 e. The molecule has 0 N–H and O–H groups in total. The highest BCUT2D eigenvalue weighted by molar-refractivity contribution is 6.36. The Labute approximate surface area is 182 Å². The van der Waals surface area contributed by atoms with Crippen LogP contribution in [0, 0.1) is 0 Å². The molecule has 2 aliphatic carbocycles. The van der Waals surface area contributed by atoms with Crippen molar-refractivity contribution < 1.29 is 23.9 Å². The number of ketones is 2. The Hall–Kier alpha value is -2.89. The van der Waals surface area contributed by atoms with Gasteiger partial charge in [0.2, 0.25) is 0 Å². The molecule has 0 saturated heterocycles. The van der Waals surface area contributed by atoms with Crippen LogP contribution in [0.25, 0.3) is 11.1 Å². The van der Waals surface area contributed by atoms with E-state index in [2.05, 4.69) is 0 Å². The summed E-state index contributed by atoms with van der Waals surface area (Å²) in [5.41, 5.74) is 1.58. The molecule has 0 fully saturated rings.